The maximum atomic E-state index is 4.01. The third-order valence-electron chi connectivity index (χ3n) is 6.71. The molecule has 41 heavy (non-hydrogen) atoms. The second kappa shape index (κ2) is 30.3. The van der Waals surface area contributed by atoms with Crippen LogP contribution in [0.5, 0.6) is 0 Å². The normalized spacial score (nSPS) is 16.1. The molecule has 1 N–H and O–H groups in total. The molecular weight excluding hydrogens is 498 g/mol. The van der Waals surface area contributed by atoms with Crippen molar-refractivity contribution in [2.45, 2.75) is 92.7 Å². The number of unbranched alkanes of at least 4 members (excludes halogenated alkanes) is 1. The van der Waals surface area contributed by atoms with Gasteiger partial charge in [-0.05, 0) is 81.8 Å². The lowest BCUT2D eigenvalue weighted by atomic mass is 9.88. The summed E-state index contributed by atoms with van der Waals surface area (Å²) in [6.07, 6.45) is 14.9. The van der Waals surface area contributed by atoms with E-state index in [2.05, 4.69) is 99.8 Å². The van der Waals surface area contributed by atoms with Gasteiger partial charge in [0.15, 0.2) is 0 Å². The molecule has 0 radical (unpaired) electrons. The molecule has 0 aliphatic carbocycles. The lowest BCUT2D eigenvalue weighted by molar-refractivity contribution is 0.136. The van der Waals surface area contributed by atoms with E-state index in [0.29, 0.717) is 6.04 Å². The summed E-state index contributed by atoms with van der Waals surface area (Å²) >= 11 is 0. The van der Waals surface area contributed by atoms with Gasteiger partial charge in [0.05, 0.1) is 0 Å². The van der Waals surface area contributed by atoms with Crippen LogP contribution in [0.2, 0.25) is 0 Å². The van der Waals surface area contributed by atoms with Crippen molar-refractivity contribution in [3.8, 4) is 0 Å². The van der Waals surface area contributed by atoms with Gasteiger partial charge in [-0.3, -0.25) is 4.90 Å². The third kappa shape index (κ3) is 21.8. The van der Waals surface area contributed by atoms with Crippen LogP contribution in [-0.4, -0.2) is 49.6 Å². The average molecular weight is 566 g/mol. The SMILES string of the molecule is C=C.C=C/C=C(\C=C)Cc1cccc(CN(C)CCCC)c1.C=CCN1CCC(CC(=C)NC)CC1C.CC.CC. The average Bonchev–Trinajstić information content (AvgIpc) is 3.00. The molecule has 3 heteroatoms. The van der Waals surface area contributed by atoms with E-state index in [-0.39, 0.29) is 0 Å². The number of hydrogen-bond acceptors (Lipinski definition) is 3. The van der Waals surface area contributed by atoms with Crippen molar-refractivity contribution in [3.05, 3.63) is 110 Å². The Bertz CT molecular complexity index is 823. The molecule has 1 saturated heterocycles. The molecule has 3 nitrogen and oxygen atoms in total. The fraction of sp³-hybridized carbons (Fsp3) is 0.526. The Hall–Kier alpha value is -2.62. The number of allylic oxidation sites excluding steroid dienone is 5. The van der Waals surface area contributed by atoms with Crippen molar-refractivity contribution in [2.24, 2.45) is 5.92 Å². The predicted octanol–water partition coefficient (Wildman–Crippen LogP) is 10.0. The monoisotopic (exact) mass is 566 g/mol. The van der Waals surface area contributed by atoms with Crippen LogP contribution in [-0.2, 0) is 13.0 Å². The van der Waals surface area contributed by atoms with Gasteiger partial charge in [-0.25, -0.2) is 0 Å². The van der Waals surface area contributed by atoms with Gasteiger partial charge in [0.1, 0.15) is 0 Å². The number of nitrogens with one attached hydrogen (secondary N) is 1. The van der Waals surface area contributed by atoms with E-state index in [0.717, 1.165) is 38.4 Å². The first-order valence-corrected chi connectivity index (χ1v) is 15.8. The summed E-state index contributed by atoms with van der Waals surface area (Å²) in [6.45, 7) is 38.4. The smallest absolute Gasteiger partial charge is 0.0230 e. The van der Waals surface area contributed by atoms with Gasteiger partial charge in [0.25, 0.3) is 0 Å². The zero-order valence-electron chi connectivity index (χ0n) is 28.5. The molecule has 0 saturated carbocycles. The summed E-state index contributed by atoms with van der Waals surface area (Å²) in [4.78, 5) is 4.89. The number of rotatable bonds is 14. The van der Waals surface area contributed by atoms with Gasteiger partial charge in [0.2, 0.25) is 0 Å². The molecule has 1 fully saturated rings. The van der Waals surface area contributed by atoms with Gasteiger partial charge in [-0.15, -0.1) is 19.7 Å². The van der Waals surface area contributed by atoms with Crippen LogP contribution < -0.4 is 5.32 Å². The fourth-order valence-electron chi connectivity index (χ4n) is 4.63. The molecule has 0 amide bonds. The van der Waals surface area contributed by atoms with E-state index in [4.69, 9.17) is 0 Å². The zero-order valence-corrected chi connectivity index (χ0v) is 28.5. The molecule has 0 aromatic heterocycles. The molecule has 1 aliphatic rings. The van der Waals surface area contributed by atoms with Crippen molar-refractivity contribution in [1.29, 1.82) is 0 Å². The summed E-state index contributed by atoms with van der Waals surface area (Å²) in [5.41, 5.74) is 5.09. The number of likely N-dealkylation sites (tertiary alicyclic amines) is 1. The topological polar surface area (TPSA) is 18.5 Å². The first kappa shape index (κ1) is 42.8. The van der Waals surface area contributed by atoms with Crippen molar-refractivity contribution in [2.75, 3.05) is 33.7 Å². The Balaban J connectivity index is -0.000000610. The van der Waals surface area contributed by atoms with Crippen LogP contribution in [0.3, 0.4) is 0 Å². The maximum absolute atomic E-state index is 4.01. The number of hydrogen-bond donors (Lipinski definition) is 1. The Kier molecular flexibility index (Phi) is 31.7. The van der Waals surface area contributed by atoms with E-state index in [1.165, 1.54) is 54.6 Å². The second-order valence-electron chi connectivity index (χ2n) is 9.85. The minimum Gasteiger partial charge on any atom is -0.392 e. The quantitative estimate of drug-likeness (QED) is 0.179. The summed E-state index contributed by atoms with van der Waals surface area (Å²) in [5.74, 6) is 0.806. The first-order valence-electron chi connectivity index (χ1n) is 15.8. The highest BCUT2D eigenvalue weighted by molar-refractivity contribution is 5.32. The van der Waals surface area contributed by atoms with Crippen LogP contribution >= 0.6 is 0 Å². The summed E-state index contributed by atoms with van der Waals surface area (Å²) in [5, 5.41) is 3.14. The number of piperidine rings is 1. The van der Waals surface area contributed by atoms with Crippen LogP contribution in [0.4, 0.5) is 0 Å². The van der Waals surface area contributed by atoms with Gasteiger partial charge >= 0.3 is 0 Å². The Morgan fingerprint density at radius 2 is 1.73 bits per heavy atom. The van der Waals surface area contributed by atoms with E-state index >= 15 is 0 Å². The van der Waals surface area contributed by atoms with Crippen LogP contribution in [0.1, 0.15) is 84.8 Å². The molecule has 1 aromatic rings. The van der Waals surface area contributed by atoms with Crippen LogP contribution in [0.15, 0.2) is 99.3 Å². The molecule has 1 heterocycles. The summed E-state index contributed by atoms with van der Waals surface area (Å²) < 4.78 is 0. The lowest BCUT2D eigenvalue weighted by Gasteiger charge is -2.37. The molecule has 234 valence electrons. The van der Waals surface area contributed by atoms with Gasteiger partial charge in [-0.1, -0.05) is 109 Å². The van der Waals surface area contributed by atoms with E-state index < -0.39 is 0 Å². The summed E-state index contributed by atoms with van der Waals surface area (Å²) in [7, 11) is 4.15. The van der Waals surface area contributed by atoms with Crippen molar-refractivity contribution in [1.82, 2.24) is 15.1 Å². The largest absolute Gasteiger partial charge is 0.392 e. The predicted molar refractivity (Wildman–Crippen MR) is 191 cm³/mol. The van der Waals surface area contributed by atoms with Crippen LogP contribution in [0, 0.1) is 5.92 Å². The summed E-state index contributed by atoms with van der Waals surface area (Å²) in [6, 6.07) is 9.51. The lowest BCUT2D eigenvalue weighted by Crippen LogP contribution is -2.41. The highest BCUT2D eigenvalue weighted by Gasteiger charge is 2.24. The standard InChI is InChI=1S/C19H27N.C13H24N2.2C2H6.C2H4/c1-5-8-13-20(4)16-19-12-9-11-18(15-19)14-17(7-3)10-6-2;1-5-7-15-8-6-13(10-12(15)3)9-11(2)14-4;3*1-2/h6-7,9-12,15H,2-3,5,8,13-14,16H2,1,4H3;5,12-14H,1-2,6-10H2,3-4H3;2*1-2H3;1-2H2/b17-10+;;;;. The van der Waals surface area contributed by atoms with E-state index in [9.17, 15) is 0 Å². The van der Waals surface area contributed by atoms with E-state index in [1.807, 2.05) is 59.0 Å². The third-order valence-corrected chi connectivity index (χ3v) is 6.71. The molecule has 2 unspecified atom stereocenters. The van der Waals surface area contributed by atoms with Crippen molar-refractivity contribution >= 4 is 0 Å². The van der Waals surface area contributed by atoms with Crippen LogP contribution in [0.25, 0.3) is 0 Å². The molecule has 0 spiro atoms. The Labute approximate surface area is 257 Å². The molecule has 1 aliphatic heterocycles. The fourth-order valence-corrected chi connectivity index (χ4v) is 4.63. The van der Waals surface area contributed by atoms with Crippen molar-refractivity contribution < 1.29 is 0 Å². The van der Waals surface area contributed by atoms with Crippen molar-refractivity contribution in [3.63, 3.8) is 0 Å². The first-order chi connectivity index (χ1) is 19.9. The maximum Gasteiger partial charge on any atom is 0.0230 e. The minimum absolute atomic E-state index is 0.686. The molecule has 0 bridgehead atoms. The Morgan fingerprint density at radius 3 is 2.24 bits per heavy atom. The highest BCUT2D eigenvalue weighted by atomic mass is 15.2. The van der Waals surface area contributed by atoms with Gasteiger partial charge < -0.3 is 10.2 Å². The highest BCUT2D eigenvalue weighted by Crippen LogP contribution is 2.26. The minimum atomic E-state index is 0.686. The molecule has 1 aromatic carbocycles. The van der Waals surface area contributed by atoms with E-state index in [1.54, 1.807) is 0 Å². The Morgan fingerprint density at radius 1 is 1.10 bits per heavy atom. The number of benzene rings is 1. The zero-order chi connectivity index (χ0) is 32.1. The number of nitrogens with zero attached hydrogens (tertiary/aromatic N) is 2. The molecular formula is C38H67N3. The van der Waals surface area contributed by atoms with Gasteiger partial charge in [-0.2, -0.15) is 0 Å². The molecule has 2 atom stereocenters. The second-order valence-corrected chi connectivity index (χ2v) is 9.85. The van der Waals surface area contributed by atoms with Gasteiger partial charge in [0, 0.05) is 31.9 Å². The molecule has 2 rings (SSSR count).